The fourth-order valence-electron chi connectivity index (χ4n) is 2.81. The quantitative estimate of drug-likeness (QED) is 0.904. The summed E-state index contributed by atoms with van der Waals surface area (Å²) in [5.74, 6) is 1.81. The van der Waals surface area contributed by atoms with Crippen molar-refractivity contribution in [1.29, 1.82) is 0 Å². The smallest absolute Gasteiger partial charge is 0.164 e. The van der Waals surface area contributed by atoms with Crippen LogP contribution in [-0.2, 0) is 20.1 Å². The van der Waals surface area contributed by atoms with E-state index in [1.165, 1.54) is 11.1 Å². The Morgan fingerprint density at radius 3 is 3.10 bits per heavy atom. The molecule has 1 N–H and O–H groups in total. The van der Waals surface area contributed by atoms with Crippen LogP contribution in [0.25, 0.3) is 0 Å². The van der Waals surface area contributed by atoms with Crippen LogP contribution in [0.15, 0.2) is 24.5 Å². The van der Waals surface area contributed by atoms with Gasteiger partial charge in [-0.1, -0.05) is 19.1 Å². The summed E-state index contributed by atoms with van der Waals surface area (Å²) in [6.07, 6.45) is 3.77. The Morgan fingerprint density at radius 1 is 1.45 bits per heavy atom. The molecule has 5 heteroatoms. The van der Waals surface area contributed by atoms with Crippen molar-refractivity contribution in [3.05, 3.63) is 41.5 Å². The zero-order chi connectivity index (χ0) is 13.9. The first-order chi connectivity index (χ1) is 9.79. The van der Waals surface area contributed by atoms with E-state index in [1.807, 2.05) is 13.1 Å². The van der Waals surface area contributed by atoms with Gasteiger partial charge < -0.3 is 10.1 Å². The van der Waals surface area contributed by atoms with Gasteiger partial charge in [0.1, 0.15) is 18.7 Å². The summed E-state index contributed by atoms with van der Waals surface area (Å²) in [7, 11) is 1.88. The van der Waals surface area contributed by atoms with Gasteiger partial charge in [0.2, 0.25) is 0 Å². The predicted molar refractivity (Wildman–Crippen MR) is 76.5 cm³/mol. The summed E-state index contributed by atoms with van der Waals surface area (Å²) in [6.45, 7) is 3.60. The second kappa shape index (κ2) is 5.63. The summed E-state index contributed by atoms with van der Waals surface area (Å²) in [5.41, 5.74) is 2.71. The van der Waals surface area contributed by atoms with Crippen molar-refractivity contribution in [2.45, 2.75) is 32.4 Å². The molecule has 5 nitrogen and oxygen atoms in total. The maximum Gasteiger partial charge on any atom is 0.164 e. The second-order valence-electron chi connectivity index (χ2n) is 5.06. The molecule has 0 saturated carbocycles. The fourth-order valence-corrected chi connectivity index (χ4v) is 2.81. The first-order valence-electron chi connectivity index (χ1n) is 7.10. The molecule has 3 rings (SSSR count). The molecule has 0 bridgehead atoms. The number of hydrogen-bond acceptors (Lipinski definition) is 4. The molecule has 0 fully saturated rings. The lowest BCUT2D eigenvalue weighted by molar-refractivity contribution is 0.287. The first kappa shape index (κ1) is 13.1. The molecular formula is C15H20N4O. The van der Waals surface area contributed by atoms with Crippen molar-refractivity contribution >= 4 is 0 Å². The molecule has 2 aromatic rings. The van der Waals surface area contributed by atoms with Crippen LogP contribution in [-0.4, -0.2) is 21.3 Å². The number of ether oxygens (including phenoxy) is 1. The molecule has 106 valence electrons. The van der Waals surface area contributed by atoms with E-state index in [2.05, 4.69) is 34.5 Å². The summed E-state index contributed by atoms with van der Waals surface area (Å²) < 4.78 is 7.69. The summed E-state index contributed by atoms with van der Waals surface area (Å²) in [4.78, 5) is 4.18. The molecule has 1 unspecified atom stereocenters. The van der Waals surface area contributed by atoms with E-state index in [1.54, 1.807) is 11.0 Å². The largest absolute Gasteiger partial charge is 0.485 e. The van der Waals surface area contributed by atoms with Crippen LogP contribution in [0.2, 0.25) is 0 Å². The summed E-state index contributed by atoms with van der Waals surface area (Å²) in [6, 6.07) is 6.78. The molecule has 20 heavy (non-hydrogen) atoms. The van der Waals surface area contributed by atoms with E-state index >= 15 is 0 Å². The third-order valence-corrected chi connectivity index (χ3v) is 3.84. The maximum absolute atomic E-state index is 5.95. The standard InChI is InChI=1S/C15H20N4O/c1-3-16-13-8-7-12-11(13)5-4-6-14(12)20-9-15-17-10-18-19(15)2/h4-6,10,13,16H,3,7-9H2,1-2H3. The van der Waals surface area contributed by atoms with Gasteiger partial charge >= 0.3 is 0 Å². The van der Waals surface area contributed by atoms with E-state index in [0.29, 0.717) is 12.6 Å². The number of rotatable bonds is 5. The van der Waals surface area contributed by atoms with Crippen LogP contribution in [0.1, 0.15) is 36.3 Å². The highest BCUT2D eigenvalue weighted by molar-refractivity contribution is 5.45. The molecule has 0 amide bonds. The molecule has 1 aliphatic rings. The van der Waals surface area contributed by atoms with Crippen molar-refractivity contribution in [2.24, 2.45) is 7.05 Å². The third kappa shape index (κ3) is 2.41. The normalized spacial score (nSPS) is 17.2. The molecule has 1 heterocycles. The summed E-state index contributed by atoms with van der Waals surface area (Å²) >= 11 is 0. The van der Waals surface area contributed by atoms with Gasteiger partial charge in [0.05, 0.1) is 0 Å². The number of aryl methyl sites for hydroxylation is 1. The van der Waals surface area contributed by atoms with Crippen molar-refractivity contribution in [3.8, 4) is 5.75 Å². The first-order valence-corrected chi connectivity index (χ1v) is 7.10. The van der Waals surface area contributed by atoms with E-state index in [0.717, 1.165) is 31.0 Å². The highest BCUT2D eigenvalue weighted by Crippen LogP contribution is 2.37. The molecule has 1 atom stereocenters. The van der Waals surface area contributed by atoms with Gasteiger partial charge in [-0.25, -0.2) is 4.98 Å². The Morgan fingerprint density at radius 2 is 2.35 bits per heavy atom. The Labute approximate surface area is 119 Å². The number of benzene rings is 1. The van der Waals surface area contributed by atoms with Gasteiger partial charge in [0.25, 0.3) is 0 Å². The monoisotopic (exact) mass is 272 g/mol. The van der Waals surface area contributed by atoms with E-state index in [4.69, 9.17) is 4.74 Å². The number of aromatic nitrogens is 3. The number of fused-ring (bicyclic) bond motifs is 1. The van der Waals surface area contributed by atoms with Gasteiger partial charge in [-0.3, -0.25) is 4.68 Å². The average molecular weight is 272 g/mol. The lowest BCUT2D eigenvalue weighted by Crippen LogP contribution is -2.18. The Balaban J connectivity index is 1.77. The van der Waals surface area contributed by atoms with Crippen LogP contribution in [0, 0.1) is 0 Å². The van der Waals surface area contributed by atoms with Crippen molar-refractivity contribution < 1.29 is 4.74 Å². The third-order valence-electron chi connectivity index (χ3n) is 3.84. The molecule has 1 aromatic carbocycles. The molecule has 1 aliphatic carbocycles. The zero-order valence-corrected chi connectivity index (χ0v) is 12.0. The minimum atomic E-state index is 0.457. The molecule has 0 saturated heterocycles. The number of nitrogens with zero attached hydrogens (tertiary/aromatic N) is 3. The summed E-state index contributed by atoms with van der Waals surface area (Å²) in [5, 5.41) is 7.58. The van der Waals surface area contributed by atoms with Gasteiger partial charge in [-0.15, -0.1) is 0 Å². The van der Waals surface area contributed by atoms with Crippen molar-refractivity contribution in [3.63, 3.8) is 0 Å². The molecule has 0 aliphatic heterocycles. The number of nitrogens with one attached hydrogen (secondary N) is 1. The van der Waals surface area contributed by atoms with Crippen molar-refractivity contribution in [1.82, 2.24) is 20.1 Å². The Hall–Kier alpha value is -1.88. The van der Waals surface area contributed by atoms with Gasteiger partial charge in [0, 0.05) is 13.1 Å². The van der Waals surface area contributed by atoms with E-state index < -0.39 is 0 Å². The second-order valence-corrected chi connectivity index (χ2v) is 5.06. The molecule has 0 spiro atoms. The zero-order valence-electron chi connectivity index (χ0n) is 12.0. The highest BCUT2D eigenvalue weighted by atomic mass is 16.5. The lowest BCUT2D eigenvalue weighted by atomic mass is 10.1. The van der Waals surface area contributed by atoms with Crippen LogP contribution in [0.4, 0.5) is 0 Å². The number of hydrogen-bond donors (Lipinski definition) is 1. The van der Waals surface area contributed by atoms with E-state index in [9.17, 15) is 0 Å². The van der Waals surface area contributed by atoms with E-state index in [-0.39, 0.29) is 0 Å². The van der Waals surface area contributed by atoms with Crippen LogP contribution in [0.5, 0.6) is 5.75 Å². The topological polar surface area (TPSA) is 52.0 Å². The maximum atomic E-state index is 5.95. The highest BCUT2D eigenvalue weighted by Gasteiger charge is 2.24. The molecular weight excluding hydrogens is 252 g/mol. The van der Waals surface area contributed by atoms with Crippen LogP contribution < -0.4 is 10.1 Å². The molecule has 1 aromatic heterocycles. The van der Waals surface area contributed by atoms with Gasteiger partial charge in [-0.05, 0) is 36.6 Å². The van der Waals surface area contributed by atoms with Crippen molar-refractivity contribution in [2.75, 3.05) is 6.54 Å². The Kier molecular flexibility index (Phi) is 3.69. The minimum absolute atomic E-state index is 0.457. The SMILES string of the molecule is CCNC1CCc2c(OCc3ncnn3C)cccc21. The minimum Gasteiger partial charge on any atom is -0.485 e. The van der Waals surface area contributed by atoms with Crippen LogP contribution >= 0.6 is 0 Å². The van der Waals surface area contributed by atoms with Gasteiger partial charge in [0.15, 0.2) is 5.82 Å². The Bertz CT molecular complexity index is 593. The average Bonchev–Trinajstić information content (AvgIpc) is 3.04. The van der Waals surface area contributed by atoms with Crippen LogP contribution in [0.3, 0.4) is 0 Å². The lowest BCUT2D eigenvalue weighted by Gasteiger charge is -2.14. The predicted octanol–water partition coefficient (Wildman–Crippen LogP) is 1.99. The van der Waals surface area contributed by atoms with Gasteiger partial charge in [-0.2, -0.15) is 5.10 Å². The fraction of sp³-hybridized carbons (Fsp3) is 0.467. The molecule has 0 radical (unpaired) electrons.